The normalized spacial score (nSPS) is 19.5. The van der Waals surface area contributed by atoms with E-state index >= 15 is 0 Å². The molecule has 0 aromatic heterocycles. The summed E-state index contributed by atoms with van der Waals surface area (Å²) >= 11 is 3.26. The van der Waals surface area contributed by atoms with Crippen LogP contribution in [-0.4, -0.2) is 112 Å². The highest BCUT2D eigenvalue weighted by molar-refractivity contribution is 8.00. The third kappa shape index (κ3) is 14.5. The average molecular weight is 736 g/mol. The first-order valence-corrected chi connectivity index (χ1v) is 19.1. The van der Waals surface area contributed by atoms with Gasteiger partial charge in [-0.15, -0.1) is 0 Å². The topological polar surface area (TPSA) is 224 Å². The second-order valence-corrected chi connectivity index (χ2v) is 14.8. The second-order valence-electron chi connectivity index (χ2n) is 12.3. The molecule has 2 aliphatic heterocycles. The molecule has 2 fully saturated rings. The number of rotatable bonds is 22. The highest BCUT2D eigenvalue weighted by atomic mass is 32.2. The van der Waals surface area contributed by atoms with Crippen LogP contribution in [0.5, 0.6) is 0 Å². The van der Waals surface area contributed by atoms with Gasteiger partial charge in [-0.1, -0.05) is 36.8 Å². The molecule has 8 N–H and O–H groups in total. The maximum Gasteiger partial charge on any atom is 0.326 e. The van der Waals surface area contributed by atoms with Gasteiger partial charge in [0.2, 0.25) is 29.5 Å². The van der Waals surface area contributed by atoms with Crippen LogP contribution in [0.25, 0.3) is 0 Å². The van der Waals surface area contributed by atoms with E-state index in [0.29, 0.717) is 30.4 Å². The van der Waals surface area contributed by atoms with Crippen molar-refractivity contribution in [2.24, 2.45) is 0 Å². The van der Waals surface area contributed by atoms with Gasteiger partial charge in [-0.3, -0.25) is 24.0 Å². The number of nitrogens with one attached hydrogen (secondary N) is 7. The third-order valence-corrected chi connectivity index (χ3v) is 10.8. The number of hydrogen-bond donors (Lipinski definition) is 8. The Hall–Kier alpha value is -3.99. The summed E-state index contributed by atoms with van der Waals surface area (Å²) in [6, 6.07) is 5.94. The second kappa shape index (κ2) is 21.3. The van der Waals surface area contributed by atoms with Gasteiger partial charge in [0.15, 0.2) is 0 Å². The number of carboxylic acids is 1. The maximum absolute atomic E-state index is 13.2. The Bertz CT molecular complexity index is 1340. The third-order valence-electron chi connectivity index (χ3n) is 8.19. The zero-order valence-corrected chi connectivity index (χ0v) is 30.1. The maximum atomic E-state index is 13.2. The molecular formula is C33H49N7O8S2. The highest BCUT2D eigenvalue weighted by Crippen LogP contribution is 2.33. The van der Waals surface area contributed by atoms with Gasteiger partial charge in [0, 0.05) is 43.1 Å². The van der Waals surface area contributed by atoms with E-state index in [-0.39, 0.29) is 36.2 Å². The minimum absolute atomic E-state index is 0.00747. The van der Waals surface area contributed by atoms with Gasteiger partial charge in [-0.2, -0.15) is 23.5 Å². The minimum Gasteiger partial charge on any atom is -0.480 e. The van der Waals surface area contributed by atoms with Crippen molar-refractivity contribution in [3.63, 3.8) is 0 Å². The summed E-state index contributed by atoms with van der Waals surface area (Å²) in [7, 11) is 0. The first-order valence-electron chi connectivity index (χ1n) is 16.9. The molecule has 2 saturated heterocycles. The predicted molar refractivity (Wildman–Crippen MR) is 191 cm³/mol. The fraction of sp³-hybridized carbons (Fsp3) is 0.606. The number of hydrogen-bond acceptors (Lipinski definition) is 9. The number of thioether (sulfide) groups is 2. The van der Waals surface area contributed by atoms with Crippen LogP contribution in [0.15, 0.2) is 30.3 Å². The summed E-state index contributed by atoms with van der Waals surface area (Å²) in [5, 5.41) is 28.9. The zero-order valence-electron chi connectivity index (χ0n) is 28.5. The van der Waals surface area contributed by atoms with Crippen LogP contribution in [0.4, 0.5) is 4.79 Å². The number of benzene rings is 1. The molecule has 2 aliphatic rings. The summed E-state index contributed by atoms with van der Waals surface area (Å²) in [5.41, 5.74) is 0.720. The summed E-state index contributed by atoms with van der Waals surface area (Å²) in [6.07, 6.45) is 4.58. The number of fused-ring (bicyclic) bond motifs is 1. The number of amides is 7. The number of aliphatic carboxylic acids is 1. The highest BCUT2D eigenvalue weighted by Gasteiger charge is 2.42. The zero-order chi connectivity index (χ0) is 36.5. The predicted octanol–water partition coefficient (Wildman–Crippen LogP) is 0.280. The molecule has 0 spiro atoms. The van der Waals surface area contributed by atoms with Crippen molar-refractivity contribution in [3.8, 4) is 0 Å². The van der Waals surface area contributed by atoms with Gasteiger partial charge >= 0.3 is 12.0 Å². The standard InChI is InChI=1S/C33H49N7O8S2/c1-20(36-21(2)41)30(44)35-17-28(43)37-25(31(45)38-23(32(46)47)16-22-10-4-3-5-11-22)18-49-15-9-8-14-34-27(42)13-7-6-12-26-29-24(19-50-26)39-33(48)40-29/h3-5,10-11,20,23-26,29H,6-9,12-19H2,1-2H3,(H,34,42)(H,35,44)(H,36,41)(H,37,43)(H,38,45)(H,46,47)(H2,39,40,48)/t20-,23-,24-,25-,26-,29-/m0/s1. The quantitative estimate of drug-likeness (QED) is 0.0600. The van der Waals surface area contributed by atoms with E-state index in [4.69, 9.17) is 0 Å². The Morgan fingerprint density at radius 1 is 0.920 bits per heavy atom. The lowest BCUT2D eigenvalue weighted by Crippen LogP contribution is -2.55. The van der Waals surface area contributed by atoms with Crippen molar-refractivity contribution in [1.29, 1.82) is 0 Å². The monoisotopic (exact) mass is 735 g/mol. The van der Waals surface area contributed by atoms with Crippen molar-refractivity contribution in [2.75, 3.05) is 30.3 Å². The van der Waals surface area contributed by atoms with Crippen molar-refractivity contribution >= 4 is 65.1 Å². The molecule has 0 unspecified atom stereocenters. The Balaban J connectivity index is 1.38. The van der Waals surface area contributed by atoms with Crippen molar-refractivity contribution in [2.45, 2.75) is 94.3 Å². The van der Waals surface area contributed by atoms with Gasteiger partial charge in [0.1, 0.15) is 18.1 Å². The fourth-order valence-electron chi connectivity index (χ4n) is 5.56. The van der Waals surface area contributed by atoms with Gasteiger partial charge in [-0.05, 0) is 43.9 Å². The molecule has 276 valence electrons. The lowest BCUT2D eigenvalue weighted by molar-refractivity contribution is -0.142. The molecule has 50 heavy (non-hydrogen) atoms. The van der Waals surface area contributed by atoms with Gasteiger partial charge in [0.25, 0.3) is 0 Å². The average Bonchev–Trinajstić information content (AvgIpc) is 3.63. The Labute approximate surface area is 300 Å². The summed E-state index contributed by atoms with van der Waals surface area (Å²) in [5.74, 6) is -1.84. The van der Waals surface area contributed by atoms with Crippen LogP contribution < -0.4 is 37.2 Å². The molecule has 1 aromatic carbocycles. The molecule has 6 atom stereocenters. The SMILES string of the molecule is CC(=O)N[C@@H](C)C(=O)NCC(=O)N[C@@H](CSCCCCNC(=O)CCCC[C@@H]1SC[C@@H]2NC(=O)N[C@@H]21)C(=O)N[C@@H](Cc1ccccc1)C(=O)O. The van der Waals surface area contributed by atoms with Crippen molar-refractivity contribution in [1.82, 2.24) is 37.2 Å². The number of urea groups is 1. The van der Waals surface area contributed by atoms with Crippen molar-refractivity contribution in [3.05, 3.63) is 35.9 Å². The summed E-state index contributed by atoms with van der Waals surface area (Å²) in [4.78, 5) is 85.1. The minimum atomic E-state index is -1.22. The van der Waals surface area contributed by atoms with Gasteiger partial charge < -0.3 is 42.3 Å². The molecule has 17 heteroatoms. The number of unbranched alkanes of at least 4 members (excludes halogenated alkanes) is 2. The van der Waals surface area contributed by atoms with Gasteiger partial charge in [0.05, 0.1) is 18.6 Å². The molecule has 15 nitrogen and oxygen atoms in total. The molecule has 0 aliphatic carbocycles. The molecule has 1 aromatic rings. The summed E-state index contributed by atoms with van der Waals surface area (Å²) in [6.45, 7) is 2.80. The van der Waals surface area contributed by atoms with E-state index in [2.05, 4.69) is 37.2 Å². The molecule has 3 rings (SSSR count). The smallest absolute Gasteiger partial charge is 0.326 e. The largest absolute Gasteiger partial charge is 0.480 e. The number of carbonyl (C=O) groups excluding carboxylic acids is 6. The Morgan fingerprint density at radius 3 is 2.40 bits per heavy atom. The van der Waals surface area contributed by atoms with E-state index in [1.54, 1.807) is 30.3 Å². The van der Waals surface area contributed by atoms with Crippen LogP contribution in [0.3, 0.4) is 0 Å². The van der Waals surface area contributed by atoms with E-state index < -0.39 is 54.3 Å². The van der Waals surface area contributed by atoms with Crippen LogP contribution in [0.2, 0.25) is 0 Å². The van der Waals surface area contributed by atoms with Gasteiger partial charge in [-0.25, -0.2) is 9.59 Å². The van der Waals surface area contributed by atoms with Crippen LogP contribution in [0.1, 0.15) is 57.9 Å². The molecular weight excluding hydrogens is 687 g/mol. The molecule has 0 saturated carbocycles. The van der Waals surface area contributed by atoms with E-state index in [1.807, 2.05) is 11.8 Å². The Kier molecular flexibility index (Phi) is 17.2. The molecule has 7 amide bonds. The van der Waals surface area contributed by atoms with E-state index in [9.17, 15) is 38.7 Å². The first-order chi connectivity index (χ1) is 23.9. The summed E-state index contributed by atoms with van der Waals surface area (Å²) < 4.78 is 0. The lowest BCUT2D eigenvalue weighted by atomic mass is 10.0. The Morgan fingerprint density at radius 2 is 1.68 bits per heavy atom. The van der Waals surface area contributed by atoms with Crippen LogP contribution >= 0.6 is 23.5 Å². The molecule has 0 bridgehead atoms. The number of carbonyl (C=O) groups is 7. The molecule has 2 heterocycles. The van der Waals surface area contributed by atoms with Crippen LogP contribution in [0, 0.1) is 0 Å². The van der Waals surface area contributed by atoms with E-state index in [1.165, 1.54) is 25.6 Å². The van der Waals surface area contributed by atoms with Crippen LogP contribution in [-0.2, 0) is 35.2 Å². The molecule has 0 radical (unpaired) electrons. The fourth-order valence-corrected chi connectivity index (χ4v) is 8.15. The van der Waals surface area contributed by atoms with E-state index in [0.717, 1.165) is 37.0 Å². The number of carboxylic acid groups (broad SMARTS) is 1. The first kappa shape index (κ1) is 40.4. The lowest BCUT2D eigenvalue weighted by Gasteiger charge is -2.22. The van der Waals surface area contributed by atoms with Crippen molar-refractivity contribution < 1.29 is 38.7 Å².